The van der Waals surface area contributed by atoms with Gasteiger partial charge in [-0.3, -0.25) is 4.57 Å². The van der Waals surface area contributed by atoms with Crippen LogP contribution >= 0.6 is 0 Å². The third-order valence-corrected chi connectivity index (χ3v) is 5.41. The first kappa shape index (κ1) is 12.1. The Morgan fingerprint density at radius 3 is 2.95 bits per heavy atom. The standard InChI is InChI=1S/C16H22BN3O/c1-11-2-3-13-14(8-11)19-9-16(21-15(19)18-13)10-20(17)6-4-12(16)5-7-20/h2-3,8,12H,4-7,9-10H2,1,17H3. The van der Waals surface area contributed by atoms with E-state index in [1.807, 2.05) is 0 Å². The molecule has 0 saturated carbocycles. The van der Waals surface area contributed by atoms with Crippen LogP contribution in [0.4, 0.5) is 0 Å². The fraction of sp³-hybridized carbons (Fsp3) is 0.562. The molecule has 3 saturated heterocycles. The van der Waals surface area contributed by atoms with Gasteiger partial charge in [0, 0.05) is 19.0 Å². The molecule has 1 atom stereocenters. The molecule has 5 heterocycles. The molecule has 0 aliphatic carbocycles. The van der Waals surface area contributed by atoms with E-state index in [-0.39, 0.29) is 5.60 Å². The summed E-state index contributed by atoms with van der Waals surface area (Å²) in [5, 5.41) is 0. The van der Waals surface area contributed by atoms with E-state index in [4.69, 9.17) is 9.72 Å². The van der Waals surface area contributed by atoms with Crippen LogP contribution in [0.5, 0.6) is 6.01 Å². The number of quaternary nitrogens is 1. The third kappa shape index (κ3) is 1.53. The van der Waals surface area contributed by atoms with Crippen molar-refractivity contribution in [3.05, 3.63) is 23.8 Å². The van der Waals surface area contributed by atoms with Gasteiger partial charge in [-0.1, -0.05) is 6.07 Å². The van der Waals surface area contributed by atoms with Gasteiger partial charge in [-0.25, -0.2) is 0 Å². The Morgan fingerprint density at radius 2 is 2.19 bits per heavy atom. The second-order valence-electron chi connectivity index (χ2n) is 6.69. The lowest BCUT2D eigenvalue weighted by atomic mass is 9.71. The van der Waals surface area contributed by atoms with E-state index >= 15 is 0 Å². The van der Waals surface area contributed by atoms with Gasteiger partial charge in [-0.2, -0.15) is 4.98 Å². The molecule has 3 fully saturated rings. The van der Waals surface area contributed by atoms with Crippen molar-refractivity contribution in [2.75, 3.05) is 19.6 Å². The molecule has 4 aliphatic rings. The zero-order valence-electron chi connectivity index (χ0n) is 11.8. The van der Waals surface area contributed by atoms with E-state index in [1.54, 1.807) is 0 Å². The first-order valence-electron chi connectivity index (χ1n) is 7.62. The highest BCUT2D eigenvalue weighted by Crippen LogP contribution is 2.46. The molecule has 0 radical (unpaired) electrons. The van der Waals surface area contributed by atoms with Gasteiger partial charge in [0.1, 0.15) is 0 Å². The predicted octanol–water partition coefficient (Wildman–Crippen LogP) is 0.997. The monoisotopic (exact) mass is 283 g/mol. The maximum Gasteiger partial charge on any atom is 0.298 e. The van der Waals surface area contributed by atoms with Crippen molar-refractivity contribution in [1.82, 2.24) is 9.55 Å². The van der Waals surface area contributed by atoms with E-state index in [0.29, 0.717) is 7.98 Å². The highest BCUT2D eigenvalue weighted by atomic mass is 16.5. The molecule has 0 amide bonds. The molecular formula is C16H22BN3O. The van der Waals surface area contributed by atoms with Crippen molar-refractivity contribution in [3.63, 3.8) is 0 Å². The molecule has 4 nitrogen and oxygen atoms in total. The van der Waals surface area contributed by atoms with Gasteiger partial charge in [0.2, 0.25) is 0 Å². The van der Waals surface area contributed by atoms with Crippen molar-refractivity contribution < 1.29 is 9.13 Å². The molecule has 4 aliphatic heterocycles. The largest absolute Gasteiger partial charge is 0.519 e. The number of rotatable bonds is 0. The molecule has 6 rings (SSSR count). The summed E-state index contributed by atoms with van der Waals surface area (Å²) in [6.07, 6.45) is 2.73. The Morgan fingerprint density at radius 1 is 1.38 bits per heavy atom. The summed E-state index contributed by atoms with van der Waals surface area (Å²) in [4.78, 5) is 4.74. The average Bonchev–Trinajstić information content (AvgIpc) is 2.93. The second-order valence-corrected chi connectivity index (χ2v) is 6.69. The van der Waals surface area contributed by atoms with Gasteiger partial charge in [-0.05, 0) is 37.5 Å². The van der Waals surface area contributed by atoms with Crippen molar-refractivity contribution in [2.45, 2.75) is 31.9 Å². The summed E-state index contributed by atoms with van der Waals surface area (Å²) in [6, 6.07) is 7.39. The van der Waals surface area contributed by atoms with Gasteiger partial charge < -0.3 is 9.13 Å². The van der Waals surface area contributed by atoms with E-state index in [2.05, 4.69) is 29.7 Å². The Hall–Kier alpha value is -1.49. The Kier molecular flexibility index (Phi) is 2.10. The zero-order valence-corrected chi connectivity index (χ0v) is 11.8. The van der Waals surface area contributed by atoms with Gasteiger partial charge in [0.25, 0.3) is 6.01 Å². The van der Waals surface area contributed by atoms with E-state index in [9.17, 15) is 0 Å². The second kappa shape index (κ2) is 3.64. The Balaban J connectivity index is 1.60. The lowest BCUT2D eigenvalue weighted by Gasteiger charge is -2.60. The summed E-state index contributed by atoms with van der Waals surface area (Å²) >= 11 is 0. The van der Waals surface area contributed by atoms with Crippen molar-refractivity contribution in [1.29, 1.82) is 0 Å². The highest BCUT2D eigenvalue weighted by molar-refractivity contribution is 5.97. The van der Waals surface area contributed by atoms with Crippen LogP contribution in [0.1, 0.15) is 18.4 Å². The van der Waals surface area contributed by atoms with Crippen molar-refractivity contribution in [2.24, 2.45) is 5.92 Å². The van der Waals surface area contributed by atoms with E-state index < -0.39 is 0 Å². The van der Waals surface area contributed by atoms with Crippen LogP contribution in [0.2, 0.25) is 0 Å². The summed E-state index contributed by atoms with van der Waals surface area (Å²) in [6.45, 7) is 7.30. The maximum atomic E-state index is 6.54. The van der Waals surface area contributed by atoms with Crippen LogP contribution in [0.25, 0.3) is 11.0 Å². The van der Waals surface area contributed by atoms with Gasteiger partial charge in [-0.15, -0.1) is 0 Å². The fourth-order valence-electron chi connectivity index (χ4n) is 4.34. The van der Waals surface area contributed by atoms with Crippen molar-refractivity contribution >= 4 is 19.0 Å². The van der Waals surface area contributed by atoms with Gasteiger partial charge in [0.15, 0.2) is 13.6 Å². The number of imidazole rings is 1. The van der Waals surface area contributed by atoms with Gasteiger partial charge in [0.05, 0.1) is 24.1 Å². The number of benzene rings is 1. The minimum absolute atomic E-state index is 0.0680. The van der Waals surface area contributed by atoms with Crippen LogP contribution in [0.15, 0.2) is 18.2 Å². The highest BCUT2D eigenvalue weighted by Gasteiger charge is 2.56. The van der Waals surface area contributed by atoms with E-state index in [1.165, 1.54) is 48.0 Å². The average molecular weight is 283 g/mol. The first-order chi connectivity index (χ1) is 10.1. The lowest BCUT2D eigenvalue weighted by molar-refractivity contribution is -0.845. The number of hydrogen-bond donors (Lipinski definition) is 0. The Labute approximate surface area is 125 Å². The molecule has 5 heteroatoms. The number of nitrogens with zero attached hydrogens (tertiary/aromatic N) is 3. The van der Waals surface area contributed by atoms with Crippen LogP contribution in [0.3, 0.4) is 0 Å². The molecule has 21 heavy (non-hydrogen) atoms. The van der Waals surface area contributed by atoms with Gasteiger partial charge >= 0.3 is 0 Å². The molecule has 110 valence electrons. The molecule has 1 unspecified atom stereocenters. The fourth-order valence-corrected chi connectivity index (χ4v) is 4.34. The third-order valence-electron chi connectivity index (χ3n) is 5.41. The molecule has 2 bridgehead atoms. The molecule has 1 spiro atoms. The number of fused-ring (bicyclic) bond motifs is 5. The topological polar surface area (TPSA) is 27.1 Å². The number of ether oxygens (including phenoxy) is 1. The predicted molar refractivity (Wildman–Crippen MR) is 85.4 cm³/mol. The van der Waals surface area contributed by atoms with Crippen LogP contribution in [-0.2, 0) is 6.54 Å². The number of piperidine rings is 3. The normalized spacial score (nSPS) is 37.1. The smallest absolute Gasteiger partial charge is 0.298 e. The first-order valence-corrected chi connectivity index (χ1v) is 7.62. The molecule has 1 aromatic carbocycles. The minimum atomic E-state index is 0.0680. The SMILES string of the molecule is [BH3-][N+]12CCC(CC1)C1(Cn3c(nc4ccc(C)cc43)O1)C2. The summed E-state index contributed by atoms with van der Waals surface area (Å²) < 4.78 is 10.3. The van der Waals surface area contributed by atoms with Crippen LogP contribution < -0.4 is 4.74 Å². The number of hydrogen-bond acceptors (Lipinski definition) is 2. The Bertz CT molecular complexity index is 747. The quantitative estimate of drug-likeness (QED) is 0.674. The summed E-state index contributed by atoms with van der Waals surface area (Å²) in [5.41, 5.74) is 3.71. The molecule has 1 aromatic heterocycles. The molecular weight excluding hydrogens is 261 g/mol. The van der Waals surface area contributed by atoms with Crippen LogP contribution in [-0.4, -0.2) is 47.2 Å². The zero-order chi connectivity index (χ0) is 14.2. The van der Waals surface area contributed by atoms with E-state index in [0.717, 1.165) is 24.0 Å². The van der Waals surface area contributed by atoms with Crippen LogP contribution in [0, 0.1) is 12.8 Å². The minimum Gasteiger partial charge on any atom is -0.519 e. The summed E-state index contributed by atoms with van der Waals surface area (Å²) in [7, 11) is 0.330. The molecule has 0 N–H and O–H groups in total. The number of aromatic nitrogens is 2. The lowest BCUT2D eigenvalue weighted by Crippen LogP contribution is -2.69. The summed E-state index contributed by atoms with van der Waals surface area (Å²) in [5.74, 6) is 0.747. The van der Waals surface area contributed by atoms with Crippen molar-refractivity contribution in [3.8, 4) is 6.01 Å². The maximum absolute atomic E-state index is 6.54. The molecule has 2 aromatic rings. The number of aryl methyl sites for hydroxylation is 1.